The van der Waals surface area contributed by atoms with Crippen LogP contribution in [0.4, 0.5) is 4.39 Å². The van der Waals surface area contributed by atoms with Crippen molar-refractivity contribution >= 4 is 10.9 Å². The first kappa shape index (κ1) is 10.8. The molecule has 0 amide bonds. The highest BCUT2D eigenvalue weighted by Crippen LogP contribution is 2.15. The maximum Gasteiger partial charge on any atom is 0.0875 e. The molecule has 0 aliphatic rings. The van der Waals surface area contributed by atoms with E-state index in [9.17, 15) is 4.39 Å². The van der Waals surface area contributed by atoms with Crippen LogP contribution >= 0.6 is 0 Å². The normalized spacial score (nSPS) is 12.0. The lowest BCUT2D eigenvalue weighted by Crippen LogP contribution is -2.05. The molecule has 0 saturated heterocycles. The van der Waals surface area contributed by atoms with E-state index in [0.717, 1.165) is 16.5 Å². The number of para-hydroxylation sites is 1. The van der Waals surface area contributed by atoms with Gasteiger partial charge in [-0.2, -0.15) is 0 Å². The first-order chi connectivity index (χ1) is 7.83. The van der Waals surface area contributed by atoms with E-state index in [4.69, 9.17) is 5.73 Å². The van der Waals surface area contributed by atoms with Crippen LogP contribution < -0.4 is 5.73 Å². The lowest BCUT2D eigenvalue weighted by molar-refractivity contribution is 0.699. The SMILES string of the molecule is NC/C(=C/F)Cc1cnc2ccccc2c1. The van der Waals surface area contributed by atoms with E-state index in [2.05, 4.69) is 4.98 Å². The van der Waals surface area contributed by atoms with Crippen LogP contribution in [0.1, 0.15) is 5.56 Å². The predicted octanol–water partition coefficient (Wildman–Crippen LogP) is 2.59. The number of nitrogens with two attached hydrogens (primary N) is 1. The monoisotopic (exact) mass is 216 g/mol. The highest BCUT2D eigenvalue weighted by atomic mass is 19.1. The standard InChI is InChI=1S/C13H13FN2/c14-7-11(8-15)5-10-6-12-3-1-2-4-13(12)16-9-10/h1-4,6-7,9H,5,8,15H2/b11-7+. The molecule has 0 aliphatic heterocycles. The largest absolute Gasteiger partial charge is 0.327 e. The zero-order valence-corrected chi connectivity index (χ0v) is 8.86. The number of aromatic nitrogens is 1. The molecule has 16 heavy (non-hydrogen) atoms. The minimum absolute atomic E-state index is 0.239. The summed E-state index contributed by atoms with van der Waals surface area (Å²) in [6.45, 7) is 0.239. The zero-order valence-electron chi connectivity index (χ0n) is 8.86. The number of rotatable bonds is 3. The Morgan fingerprint density at radius 1 is 1.38 bits per heavy atom. The van der Waals surface area contributed by atoms with E-state index in [0.29, 0.717) is 18.3 Å². The molecule has 0 fully saturated rings. The number of fused-ring (bicyclic) bond motifs is 1. The molecule has 0 bridgehead atoms. The number of hydrogen-bond acceptors (Lipinski definition) is 2. The van der Waals surface area contributed by atoms with Gasteiger partial charge < -0.3 is 5.73 Å². The molecule has 0 aliphatic carbocycles. The van der Waals surface area contributed by atoms with Gasteiger partial charge in [-0.3, -0.25) is 4.98 Å². The molecule has 1 aromatic heterocycles. The first-order valence-corrected chi connectivity index (χ1v) is 5.15. The summed E-state index contributed by atoms with van der Waals surface area (Å²) in [7, 11) is 0. The second kappa shape index (κ2) is 4.86. The molecule has 0 saturated carbocycles. The quantitative estimate of drug-likeness (QED) is 0.856. The summed E-state index contributed by atoms with van der Waals surface area (Å²) < 4.78 is 12.4. The molecular formula is C13H13FN2. The van der Waals surface area contributed by atoms with Crippen molar-refractivity contribution in [1.82, 2.24) is 4.98 Å². The Kier molecular flexibility index (Phi) is 3.27. The fraction of sp³-hybridized carbons (Fsp3) is 0.154. The summed E-state index contributed by atoms with van der Waals surface area (Å²) in [6, 6.07) is 9.87. The van der Waals surface area contributed by atoms with Crippen LogP contribution in [0, 0.1) is 0 Å². The van der Waals surface area contributed by atoms with E-state index in [1.54, 1.807) is 6.20 Å². The molecule has 0 atom stereocenters. The van der Waals surface area contributed by atoms with Gasteiger partial charge in [-0.25, -0.2) is 4.39 Å². The van der Waals surface area contributed by atoms with Gasteiger partial charge in [-0.05, 0) is 29.7 Å². The minimum Gasteiger partial charge on any atom is -0.327 e. The van der Waals surface area contributed by atoms with Crippen molar-refractivity contribution in [3.05, 3.63) is 54.0 Å². The lowest BCUT2D eigenvalue weighted by atomic mass is 10.1. The van der Waals surface area contributed by atoms with E-state index in [1.807, 2.05) is 30.3 Å². The maximum absolute atomic E-state index is 12.4. The van der Waals surface area contributed by atoms with Gasteiger partial charge >= 0.3 is 0 Å². The predicted molar refractivity (Wildman–Crippen MR) is 63.7 cm³/mol. The van der Waals surface area contributed by atoms with Crippen molar-refractivity contribution in [2.24, 2.45) is 5.73 Å². The lowest BCUT2D eigenvalue weighted by Gasteiger charge is -2.04. The fourth-order valence-corrected chi connectivity index (χ4v) is 1.63. The number of nitrogens with zero attached hydrogens (tertiary/aromatic N) is 1. The zero-order chi connectivity index (χ0) is 11.4. The Morgan fingerprint density at radius 3 is 2.94 bits per heavy atom. The van der Waals surface area contributed by atoms with Crippen LogP contribution in [-0.2, 0) is 6.42 Å². The van der Waals surface area contributed by atoms with Crippen LogP contribution in [0.25, 0.3) is 10.9 Å². The maximum atomic E-state index is 12.4. The highest BCUT2D eigenvalue weighted by Gasteiger charge is 2.00. The number of benzene rings is 1. The van der Waals surface area contributed by atoms with Crippen molar-refractivity contribution in [2.45, 2.75) is 6.42 Å². The van der Waals surface area contributed by atoms with Gasteiger partial charge in [0, 0.05) is 18.1 Å². The van der Waals surface area contributed by atoms with Gasteiger partial charge in [-0.1, -0.05) is 18.2 Å². The molecule has 3 heteroatoms. The number of halogens is 1. The molecule has 0 unspecified atom stereocenters. The smallest absolute Gasteiger partial charge is 0.0875 e. The van der Waals surface area contributed by atoms with Crippen LogP contribution in [0.15, 0.2) is 48.4 Å². The molecule has 2 N–H and O–H groups in total. The Morgan fingerprint density at radius 2 is 2.19 bits per heavy atom. The molecule has 0 radical (unpaired) electrons. The van der Waals surface area contributed by atoms with Gasteiger partial charge in [0.1, 0.15) is 0 Å². The van der Waals surface area contributed by atoms with E-state index in [1.165, 1.54) is 0 Å². The molecule has 0 spiro atoms. The second-order valence-corrected chi connectivity index (χ2v) is 3.68. The molecule has 2 nitrogen and oxygen atoms in total. The molecule has 1 heterocycles. The van der Waals surface area contributed by atoms with Crippen molar-refractivity contribution in [3.63, 3.8) is 0 Å². The van der Waals surface area contributed by atoms with Crippen molar-refractivity contribution in [1.29, 1.82) is 0 Å². The number of hydrogen-bond donors (Lipinski definition) is 1. The average molecular weight is 216 g/mol. The Labute approximate surface area is 93.6 Å². The molecule has 2 rings (SSSR count). The van der Waals surface area contributed by atoms with Crippen molar-refractivity contribution in [2.75, 3.05) is 6.54 Å². The summed E-state index contributed by atoms with van der Waals surface area (Å²) in [5.74, 6) is 0. The van der Waals surface area contributed by atoms with Gasteiger partial charge in [0.2, 0.25) is 0 Å². The van der Waals surface area contributed by atoms with E-state index >= 15 is 0 Å². The van der Waals surface area contributed by atoms with Gasteiger partial charge in [-0.15, -0.1) is 0 Å². The Bertz CT molecular complexity index is 520. The third kappa shape index (κ3) is 2.25. The van der Waals surface area contributed by atoms with Crippen LogP contribution in [0.3, 0.4) is 0 Å². The van der Waals surface area contributed by atoms with E-state index < -0.39 is 0 Å². The van der Waals surface area contributed by atoms with Gasteiger partial charge in [0.25, 0.3) is 0 Å². The topological polar surface area (TPSA) is 38.9 Å². The van der Waals surface area contributed by atoms with Crippen LogP contribution in [-0.4, -0.2) is 11.5 Å². The van der Waals surface area contributed by atoms with Gasteiger partial charge in [0.15, 0.2) is 0 Å². The summed E-state index contributed by atoms with van der Waals surface area (Å²) >= 11 is 0. The Hall–Kier alpha value is -1.74. The minimum atomic E-state index is 0.239. The van der Waals surface area contributed by atoms with E-state index in [-0.39, 0.29) is 6.54 Å². The van der Waals surface area contributed by atoms with Crippen LogP contribution in [0.5, 0.6) is 0 Å². The molecule has 1 aromatic carbocycles. The number of pyridine rings is 1. The average Bonchev–Trinajstić information content (AvgIpc) is 2.35. The summed E-state index contributed by atoms with van der Waals surface area (Å²) in [5, 5.41) is 1.07. The molecule has 82 valence electrons. The third-order valence-electron chi connectivity index (χ3n) is 2.49. The second-order valence-electron chi connectivity index (χ2n) is 3.68. The van der Waals surface area contributed by atoms with Gasteiger partial charge in [0.05, 0.1) is 11.8 Å². The summed E-state index contributed by atoms with van der Waals surface area (Å²) in [6.07, 6.45) is 2.86. The van der Waals surface area contributed by atoms with Crippen molar-refractivity contribution in [3.8, 4) is 0 Å². The Balaban J connectivity index is 2.32. The highest BCUT2D eigenvalue weighted by molar-refractivity contribution is 5.78. The first-order valence-electron chi connectivity index (χ1n) is 5.15. The fourth-order valence-electron chi connectivity index (χ4n) is 1.63. The third-order valence-corrected chi connectivity index (χ3v) is 2.49. The molecular weight excluding hydrogens is 203 g/mol. The van der Waals surface area contributed by atoms with Crippen LogP contribution in [0.2, 0.25) is 0 Å². The summed E-state index contributed by atoms with van der Waals surface area (Å²) in [5.41, 5.74) is 7.92. The molecule has 2 aromatic rings. The summed E-state index contributed by atoms with van der Waals surface area (Å²) in [4.78, 5) is 4.31. The van der Waals surface area contributed by atoms with Crippen molar-refractivity contribution < 1.29 is 4.39 Å².